The van der Waals surface area contributed by atoms with Crippen LogP contribution in [0.4, 0.5) is 11.5 Å². The van der Waals surface area contributed by atoms with E-state index in [2.05, 4.69) is 24.1 Å². The zero-order valence-corrected chi connectivity index (χ0v) is 20.2. The molecule has 1 aliphatic heterocycles. The molecule has 6 heteroatoms. The highest BCUT2D eigenvalue weighted by Crippen LogP contribution is 2.47. The monoisotopic (exact) mass is 467 g/mol. The molecule has 178 valence electrons. The zero-order valence-electron chi connectivity index (χ0n) is 20.2. The molecular weight excluding hydrogens is 438 g/mol. The number of aromatic nitrogens is 1. The molecule has 1 unspecified atom stereocenters. The number of benzene rings is 2. The molecule has 0 radical (unpaired) electrons. The zero-order chi connectivity index (χ0) is 24.6. The Morgan fingerprint density at radius 1 is 1.06 bits per heavy atom. The minimum atomic E-state index is -0.571. The molecule has 2 aromatic carbocycles. The van der Waals surface area contributed by atoms with Crippen molar-refractivity contribution in [3.8, 4) is 5.75 Å². The summed E-state index contributed by atoms with van der Waals surface area (Å²) >= 11 is 0. The van der Waals surface area contributed by atoms with Crippen LogP contribution in [-0.2, 0) is 16.2 Å². The second-order valence-electron chi connectivity index (χ2n) is 9.97. The molecule has 1 N–H and O–H groups in total. The minimum Gasteiger partial charge on any atom is -0.489 e. The van der Waals surface area contributed by atoms with Gasteiger partial charge in [0.15, 0.2) is 11.6 Å². The topological polar surface area (TPSA) is 71.5 Å². The third kappa shape index (κ3) is 4.56. The van der Waals surface area contributed by atoms with Gasteiger partial charge in [0, 0.05) is 30.8 Å². The Bertz CT molecular complexity index is 1300. The van der Waals surface area contributed by atoms with E-state index in [-0.39, 0.29) is 17.1 Å². The fourth-order valence-electron chi connectivity index (χ4n) is 5.00. The summed E-state index contributed by atoms with van der Waals surface area (Å²) in [6.07, 6.45) is 2.81. The number of ketones is 1. The smallest absolute Gasteiger partial charge is 0.225 e. The van der Waals surface area contributed by atoms with E-state index in [1.165, 1.54) is 6.92 Å². The molecule has 0 saturated carbocycles. The molecule has 0 fully saturated rings. The highest BCUT2D eigenvalue weighted by Gasteiger charge is 2.43. The lowest BCUT2D eigenvalue weighted by molar-refractivity contribution is -0.118. The number of carbonyl (C=O) groups is 2. The Labute approximate surface area is 205 Å². The van der Waals surface area contributed by atoms with Gasteiger partial charge in [-0.25, -0.2) is 4.98 Å². The van der Waals surface area contributed by atoms with Gasteiger partial charge in [0.2, 0.25) is 5.91 Å². The molecule has 35 heavy (non-hydrogen) atoms. The van der Waals surface area contributed by atoms with Crippen molar-refractivity contribution in [3.63, 3.8) is 0 Å². The summed E-state index contributed by atoms with van der Waals surface area (Å²) in [5.41, 5.74) is 3.98. The van der Waals surface area contributed by atoms with E-state index < -0.39 is 6.04 Å². The van der Waals surface area contributed by atoms with E-state index >= 15 is 0 Å². The minimum absolute atomic E-state index is 0.0530. The van der Waals surface area contributed by atoms with Crippen LogP contribution in [0, 0.1) is 5.41 Å². The summed E-state index contributed by atoms with van der Waals surface area (Å²) in [4.78, 5) is 32.8. The molecule has 2 heterocycles. The number of nitrogens with one attached hydrogen (secondary N) is 1. The number of rotatable bonds is 4. The number of carbonyl (C=O) groups excluding carboxylic acids is 2. The number of hydrogen-bond donors (Lipinski definition) is 1. The standard InChI is InChI=1S/C29H29N3O3/c1-19(33)32-27(21-11-13-22(14-12-21)35-18-20-8-5-4-6-9-20)26-24(16-29(2,3)17-25(26)34)31-23-10-7-15-30-28(23)32/h4-15,27,31H,16-18H2,1-3H3. The van der Waals surface area contributed by atoms with Crippen LogP contribution in [0.5, 0.6) is 5.75 Å². The van der Waals surface area contributed by atoms with E-state index in [1.54, 1.807) is 11.1 Å². The van der Waals surface area contributed by atoms with Crippen LogP contribution in [-0.4, -0.2) is 16.7 Å². The molecule has 1 aliphatic carbocycles. The van der Waals surface area contributed by atoms with Crippen LogP contribution >= 0.6 is 0 Å². The van der Waals surface area contributed by atoms with Crippen LogP contribution < -0.4 is 15.0 Å². The van der Waals surface area contributed by atoms with Gasteiger partial charge in [0.05, 0.1) is 11.7 Å². The van der Waals surface area contributed by atoms with E-state index in [4.69, 9.17) is 4.74 Å². The van der Waals surface area contributed by atoms with Crippen LogP contribution in [0.1, 0.15) is 50.8 Å². The Hall–Kier alpha value is -3.93. The van der Waals surface area contributed by atoms with Gasteiger partial charge in [-0.3, -0.25) is 14.5 Å². The summed E-state index contributed by atoms with van der Waals surface area (Å²) in [6.45, 7) is 6.18. The first kappa shape index (κ1) is 22.8. The maximum Gasteiger partial charge on any atom is 0.225 e. The molecule has 0 saturated heterocycles. The van der Waals surface area contributed by atoms with Crippen LogP contribution in [0.15, 0.2) is 84.2 Å². The molecular formula is C29H29N3O3. The second-order valence-corrected chi connectivity index (χ2v) is 9.97. The van der Waals surface area contributed by atoms with Crippen molar-refractivity contribution in [2.24, 2.45) is 5.41 Å². The van der Waals surface area contributed by atoms with Crippen LogP contribution in [0.2, 0.25) is 0 Å². The Morgan fingerprint density at radius 3 is 2.51 bits per heavy atom. The van der Waals surface area contributed by atoms with E-state index in [9.17, 15) is 9.59 Å². The molecule has 1 atom stereocenters. The van der Waals surface area contributed by atoms with E-state index in [0.29, 0.717) is 30.8 Å². The van der Waals surface area contributed by atoms with Crippen LogP contribution in [0.25, 0.3) is 0 Å². The van der Waals surface area contributed by atoms with Gasteiger partial charge in [-0.05, 0) is 47.2 Å². The van der Waals surface area contributed by atoms with Crippen molar-refractivity contribution in [3.05, 3.63) is 95.3 Å². The van der Waals surface area contributed by atoms with Gasteiger partial charge < -0.3 is 10.1 Å². The second kappa shape index (κ2) is 9.02. The Balaban J connectivity index is 1.56. The molecule has 2 aliphatic rings. The fraction of sp³-hybridized carbons (Fsp3) is 0.276. The molecule has 5 rings (SSSR count). The summed E-state index contributed by atoms with van der Waals surface area (Å²) in [5, 5.41) is 3.46. The molecule has 3 aromatic rings. The van der Waals surface area contributed by atoms with E-state index in [0.717, 1.165) is 28.3 Å². The number of allylic oxidation sites excluding steroid dienone is 1. The fourth-order valence-corrected chi connectivity index (χ4v) is 5.00. The van der Waals surface area contributed by atoms with Gasteiger partial charge in [-0.15, -0.1) is 0 Å². The van der Waals surface area contributed by atoms with Gasteiger partial charge in [0.1, 0.15) is 12.4 Å². The average Bonchev–Trinajstić information content (AvgIpc) is 2.97. The van der Waals surface area contributed by atoms with Crippen molar-refractivity contribution in [1.29, 1.82) is 0 Å². The third-order valence-electron chi connectivity index (χ3n) is 6.54. The first-order valence-corrected chi connectivity index (χ1v) is 11.9. The highest BCUT2D eigenvalue weighted by atomic mass is 16.5. The Morgan fingerprint density at radius 2 is 1.80 bits per heavy atom. The first-order valence-electron chi connectivity index (χ1n) is 11.9. The van der Waals surface area contributed by atoms with Crippen molar-refractivity contribution < 1.29 is 14.3 Å². The van der Waals surface area contributed by atoms with Gasteiger partial charge >= 0.3 is 0 Å². The number of amides is 1. The van der Waals surface area contributed by atoms with Crippen LogP contribution in [0.3, 0.4) is 0 Å². The number of ether oxygens (including phenoxy) is 1. The lowest BCUT2D eigenvalue weighted by Gasteiger charge is -2.36. The predicted molar refractivity (Wildman–Crippen MR) is 136 cm³/mol. The SMILES string of the molecule is CC(=O)N1c2ncccc2NC2=C(C(=O)CC(C)(C)C2)C1c1ccc(OCc2ccccc2)cc1. The van der Waals surface area contributed by atoms with Gasteiger partial charge in [-0.1, -0.05) is 56.3 Å². The van der Waals surface area contributed by atoms with Crippen molar-refractivity contribution in [1.82, 2.24) is 4.98 Å². The third-order valence-corrected chi connectivity index (χ3v) is 6.54. The van der Waals surface area contributed by atoms with Gasteiger partial charge in [-0.2, -0.15) is 0 Å². The summed E-state index contributed by atoms with van der Waals surface area (Å²) in [5.74, 6) is 1.13. The maximum atomic E-state index is 13.5. The Kier molecular flexibility index (Phi) is 5.89. The maximum absolute atomic E-state index is 13.5. The molecule has 0 spiro atoms. The summed E-state index contributed by atoms with van der Waals surface area (Å²) in [7, 11) is 0. The number of hydrogen-bond acceptors (Lipinski definition) is 5. The quantitative estimate of drug-likeness (QED) is 0.523. The largest absolute Gasteiger partial charge is 0.489 e. The lowest BCUT2D eigenvalue weighted by atomic mass is 9.73. The van der Waals surface area contributed by atoms with Crippen molar-refractivity contribution >= 4 is 23.2 Å². The number of nitrogens with zero attached hydrogens (tertiary/aromatic N) is 2. The highest BCUT2D eigenvalue weighted by molar-refractivity contribution is 6.05. The summed E-state index contributed by atoms with van der Waals surface area (Å²) in [6, 6.07) is 20.8. The molecule has 1 amide bonds. The van der Waals surface area contributed by atoms with Crippen molar-refractivity contribution in [2.75, 3.05) is 10.2 Å². The first-order chi connectivity index (χ1) is 16.8. The predicted octanol–water partition coefficient (Wildman–Crippen LogP) is 5.82. The average molecular weight is 468 g/mol. The number of Topliss-reactive ketones (excluding diaryl/α,β-unsaturated/α-hetero) is 1. The molecule has 0 bridgehead atoms. The molecule has 6 nitrogen and oxygen atoms in total. The molecule has 1 aromatic heterocycles. The number of fused-ring (bicyclic) bond motifs is 1. The van der Waals surface area contributed by atoms with Crippen molar-refractivity contribution in [2.45, 2.75) is 46.3 Å². The number of anilines is 2. The van der Waals surface area contributed by atoms with Gasteiger partial charge in [0.25, 0.3) is 0 Å². The van der Waals surface area contributed by atoms with E-state index in [1.807, 2.05) is 66.7 Å². The normalized spacial score (nSPS) is 18.8. The lowest BCUT2D eigenvalue weighted by Crippen LogP contribution is -2.38. The summed E-state index contributed by atoms with van der Waals surface area (Å²) < 4.78 is 5.96. The number of pyridine rings is 1.